The fourth-order valence-corrected chi connectivity index (χ4v) is 0.588. The van der Waals surface area contributed by atoms with E-state index in [9.17, 15) is 4.79 Å². The summed E-state index contributed by atoms with van der Waals surface area (Å²) in [5, 5.41) is 0. The van der Waals surface area contributed by atoms with E-state index >= 15 is 0 Å². The molecule has 0 spiro atoms. The molecule has 0 atom stereocenters. The molecule has 0 aliphatic rings. The van der Waals surface area contributed by atoms with E-state index in [0.29, 0.717) is 6.42 Å². The second-order valence-corrected chi connectivity index (χ2v) is 2.08. The average Bonchev–Trinajstić information content (AvgIpc) is 1.97. The van der Waals surface area contributed by atoms with E-state index < -0.39 is 0 Å². The summed E-state index contributed by atoms with van der Waals surface area (Å²) in [6.45, 7) is 2.08. The van der Waals surface area contributed by atoms with E-state index in [4.69, 9.17) is 0 Å². The molecule has 0 aliphatic heterocycles. The number of unbranched alkanes of at least 4 members (excludes halogenated alkanes) is 2. The van der Waals surface area contributed by atoms with Crippen molar-refractivity contribution in [2.45, 2.75) is 32.6 Å². The minimum absolute atomic E-state index is 0.671. The topological polar surface area (TPSA) is 17.1 Å². The summed E-state index contributed by atoms with van der Waals surface area (Å²) in [5.74, 6) is 0. The van der Waals surface area contributed by atoms with Gasteiger partial charge in [-0.2, -0.15) is 0 Å². The normalized spacial score (nSPS) is 8.10. The molecule has 10 heavy (non-hydrogen) atoms. The van der Waals surface area contributed by atoms with Crippen LogP contribution in [-0.2, 0) is 4.79 Å². The van der Waals surface area contributed by atoms with Crippen LogP contribution in [0.1, 0.15) is 32.6 Å². The Balaban J connectivity index is 3.17. The quantitative estimate of drug-likeness (QED) is 0.324. The molecule has 0 unspecified atom stereocenters. The van der Waals surface area contributed by atoms with Crippen LogP contribution >= 0.6 is 0 Å². The molecule has 0 N–H and O–H groups in total. The third kappa shape index (κ3) is 7.19. The highest BCUT2D eigenvalue weighted by Gasteiger charge is 1.78. The van der Waals surface area contributed by atoms with Crippen molar-refractivity contribution in [3.8, 4) is 0 Å². The van der Waals surface area contributed by atoms with Crippen molar-refractivity contribution in [1.29, 1.82) is 0 Å². The maximum Gasteiger partial charge on any atom is 0.120 e. The molecule has 0 bridgehead atoms. The van der Waals surface area contributed by atoms with Crippen LogP contribution < -0.4 is 0 Å². The van der Waals surface area contributed by atoms with E-state index in [2.05, 4.69) is 12.7 Å². The van der Waals surface area contributed by atoms with E-state index in [-0.39, 0.29) is 0 Å². The van der Waals surface area contributed by atoms with E-state index in [1.54, 1.807) is 0 Å². The molecule has 0 aliphatic carbocycles. The van der Waals surface area contributed by atoms with Gasteiger partial charge in [0.05, 0.1) is 0 Å². The Labute approximate surface area is 62.4 Å². The number of carbonyl (C=O) groups is 1. The first kappa shape index (κ1) is 9.19. The second-order valence-electron chi connectivity index (χ2n) is 2.08. The fraction of sp³-hybridized carbons (Fsp3) is 0.556. The van der Waals surface area contributed by atoms with Gasteiger partial charge in [-0.25, -0.2) is 0 Å². The maximum atomic E-state index is 9.85. The van der Waals surface area contributed by atoms with Gasteiger partial charge >= 0.3 is 0 Å². The summed E-state index contributed by atoms with van der Waals surface area (Å²) in [4.78, 5) is 9.85. The van der Waals surface area contributed by atoms with Crippen molar-refractivity contribution in [3.05, 3.63) is 17.9 Å². The lowest BCUT2D eigenvalue weighted by molar-refractivity contribution is -0.107. The Hall–Kier alpha value is -0.810. The van der Waals surface area contributed by atoms with Crippen molar-refractivity contribution >= 4 is 6.29 Å². The van der Waals surface area contributed by atoms with E-state index in [1.165, 1.54) is 0 Å². The van der Waals surface area contributed by atoms with Gasteiger partial charge in [0.25, 0.3) is 0 Å². The number of hydrogen-bond acceptors (Lipinski definition) is 1. The minimum Gasteiger partial charge on any atom is -0.303 e. The third-order valence-corrected chi connectivity index (χ3v) is 1.11. The molecule has 0 fully saturated rings. The number of allylic oxidation sites excluding steroid dienone is 1. The Morgan fingerprint density at radius 1 is 1.30 bits per heavy atom. The minimum atomic E-state index is 0.671. The van der Waals surface area contributed by atoms with Crippen molar-refractivity contribution in [2.75, 3.05) is 0 Å². The monoisotopic (exact) mass is 138 g/mol. The molecule has 0 aromatic carbocycles. The molecule has 56 valence electrons. The first-order valence-corrected chi connectivity index (χ1v) is 3.74. The highest BCUT2D eigenvalue weighted by atomic mass is 16.1. The zero-order valence-corrected chi connectivity index (χ0v) is 6.47. The number of aldehydes is 1. The summed E-state index contributed by atoms with van der Waals surface area (Å²) >= 11 is 0. The van der Waals surface area contributed by atoms with Gasteiger partial charge in [0.1, 0.15) is 6.29 Å². The molecule has 1 heteroatoms. The highest BCUT2D eigenvalue weighted by molar-refractivity contribution is 5.48. The zero-order chi connectivity index (χ0) is 7.66. The Kier molecular flexibility index (Phi) is 7.53. The first-order chi connectivity index (χ1) is 4.91. The third-order valence-electron chi connectivity index (χ3n) is 1.11. The van der Waals surface area contributed by atoms with E-state index in [0.717, 1.165) is 25.5 Å². The van der Waals surface area contributed by atoms with Gasteiger partial charge in [-0.3, -0.25) is 0 Å². The van der Waals surface area contributed by atoms with Gasteiger partial charge in [0, 0.05) is 6.42 Å². The molecule has 0 saturated heterocycles. The highest BCUT2D eigenvalue weighted by Crippen LogP contribution is 1.92. The van der Waals surface area contributed by atoms with Gasteiger partial charge in [-0.05, 0) is 31.4 Å². The molecule has 0 saturated carbocycles. The van der Waals surface area contributed by atoms with Crippen LogP contribution in [0.15, 0.2) is 17.9 Å². The summed E-state index contributed by atoms with van der Waals surface area (Å²) < 4.78 is 0. The number of hydrogen-bond donors (Lipinski definition) is 0. The van der Waals surface area contributed by atoms with Crippen molar-refractivity contribution < 1.29 is 4.79 Å². The van der Waals surface area contributed by atoms with E-state index in [1.807, 2.05) is 12.2 Å². The average molecular weight is 138 g/mol. The van der Waals surface area contributed by atoms with Crippen LogP contribution in [0.4, 0.5) is 0 Å². The summed E-state index contributed by atoms with van der Waals surface area (Å²) in [7, 11) is 0. The predicted octanol–water partition coefficient (Wildman–Crippen LogP) is 2.48. The molecule has 0 aromatic rings. The summed E-state index contributed by atoms with van der Waals surface area (Å²) in [5.41, 5.74) is 3.03. The Bertz CT molecular complexity index is 130. The lowest BCUT2D eigenvalue weighted by atomic mass is 10.2. The molecule has 0 heterocycles. The van der Waals surface area contributed by atoms with Crippen LogP contribution in [0.5, 0.6) is 0 Å². The van der Waals surface area contributed by atoms with Crippen LogP contribution in [0.2, 0.25) is 0 Å². The molecule has 0 radical (unpaired) electrons. The lowest BCUT2D eigenvalue weighted by Gasteiger charge is -1.82. The van der Waals surface area contributed by atoms with Crippen LogP contribution in [-0.4, -0.2) is 6.29 Å². The predicted molar refractivity (Wildman–Crippen MR) is 42.9 cm³/mol. The standard InChI is InChI=1S/C9H14O/c1-2-3-4-5-6-7-8-9-10/h3,5,9H,2,6-8H2,1H3. The molecular formula is C9H14O. The van der Waals surface area contributed by atoms with Gasteiger partial charge in [0.2, 0.25) is 0 Å². The smallest absolute Gasteiger partial charge is 0.120 e. The molecular weight excluding hydrogens is 124 g/mol. The van der Waals surface area contributed by atoms with Gasteiger partial charge in [-0.1, -0.05) is 6.92 Å². The maximum absolute atomic E-state index is 9.85. The summed E-state index contributed by atoms with van der Waals surface area (Å²) in [6.07, 6.45) is 8.54. The SMILES string of the molecule is CCC=C=CCCCC=O. The van der Waals surface area contributed by atoms with Crippen molar-refractivity contribution in [3.63, 3.8) is 0 Å². The first-order valence-electron chi connectivity index (χ1n) is 3.74. The van der Waals surface area contributed by atoms with Crippen LogP contribution in [0.3, 0.4) is 0 Å². The van der Waals surface area contributed by atoms with Gasteiger partial charge < -0.3 is 4.79 Å². The van der Waals surface area contributed by atoms with Crippen LogP contribution in [0, 0.1) is 0 Å². The van der Waals surface area contributed by atoms with Crippen LogP contribution in [0.25, 0.3) is 0 Å². The van der Waals surface area contributed by atoms with Gasteiger partial charge in [-0.15, -0.1) is 5.73 Å². The molecule has 0 aromatic heterocycles. The number of carbonyl (C=O) groups excluding carboxylic acids is 1. The number of rotatable bonds is 5. The van der Waals surface area contributed by atoms with Gasteiger partial charge in [0.15, 0.2) is 0 Å². The summed E-state index contributed by atoms with van der Waals surface area (Å²) in [6, 6.07) is 0. The Morgan fingerprint density at radius 3 is 2.70 bits per heavy atom. The largest absolute Gasteiger partial charge is 0.303 e. The van der Waals surface area contributed by atoms with Crippen molar-refractivity contribution in [2.24, 2.45) is 0 Å². The molecule has 0 amide bonds. The molecule has 0 rings (SSSR count). The zero-order valence-electron chi connectivity index (χ0n) is 6.47. The Morgan fingerprint density at radius 2 is 2.10 bits per heavy atom. The fourth-order valence-electron chi connectivity index (χ4n) is 0.588. The van der Waals surface area contributed by atoms with Crippen molar-refractivity contribution in [1.82, 2.24) is 0 Å². The second kappa shape index (κ2) is 8.19. The molecule has 1 nitrogen and oxygen atoms in total. The lowest BCUT2D eigenvalue weighted by Crippen LogP contribution is -1.72.